The van der Waals surface area contributed by atoms with Crippen LogP contribution >= 0.6 is 0 Å². The molecular weight excluding hydrogens is 506 g/mol. The van der Waals surface area contributed by atoms with E-state index in [4.69, 9.17) is 4.98 Å². The van der Waals surface area contributed by atoms with Crippen LogP contribution in [-0.2, 0) is 17.8 Å². The Bertz CT molecular complexity index is 1180. The molecule has 0 saturated carbocycles. The molecule has 1 unspecified atom stereocenters. The summed E-state index contributed by atoms with van der Waals surface area (Å²) in [5, 5.41) is 17.2. The Morgan fingerprint density at radius 3 is 2.48 bits per heavy atom. The van der Waals surface area contributed by atoms with E-state index in [2.05, 4.69) is 56.6 Å². The van der Waals surface area contributed by atoms with Gasteiger partial charge in [0.05, 0.1) is 6.10 Å². The summed E-state index contributed by atoms with van der Waals surface area (Å²) in [4.78, 5) is 38.4. The number of aliphatic hydroxyl groups excluding tert-OH is 1. The van der Waals surface area contributed by atoms with Crippen molar-refractivity contribution in [2.75, 3.05) is 76.2 Å². The lowest BCUT2D eigenvalue weighted by atomic mass is 10.00. The monoisotopic (exact) mass is 549 g/mol. The van der Waals surface area contributed by atoms with E-state index < -0.39 is 6.10 Å². The molecule has 4 heterocycles. The van der Waals surface area contributed by atoms with Gasteiger partial charge in [0.2, 0.25) is 5.91 Å². The van der Waals surface area contributed by atoms with Crippen molar-refractivity contribution in [3.63, 3.8) is 0 Å². The Hall–Kier alpha value is -3.21. The normalized spacial score (nSPS) is 19.7. The molecule has 0 spiro atoms. The molecule has 0 bridgehead atoms. The third-order valence-corrected chi connectivity index (χ3v) is 8.36. The van der Waals surface area contributed by atoms with Gasteiger partial charge in [-0.2, -0.15) is 0 Å². The van der Waals surface area contributed by atoms with Crippen molar-refractivity contribution in [3.05, 3.63) is 53.2 Å². The van der Waals surface area contributed by atoms with Crippen LogP contribution in [0.1, 0.15) is 41.4 Å². The van der Waals surface area contributed by atoms with E-state index in [0.29, 0.717) is 12.2 Å². The number of carbonyl (C=O) groups is 2. The maximum Gasteiger partial charge on any atom is 0.270 e. The van der Waals surface area contributed by atoms with Gasteiger partial charge in [-0.1, -0.05) is 24.3 Å². The Morgan fingerprint density at radius 1 is 1.02 bits per heavy atom. The summed E-state index contributed by atoms with van der Waals surface area (Å²) in [5.74, 6) is 0.622. The quantitative estimate of drug-likeness (QED) is 0.454. The first kappa shape index (κ1) is 28.3. The van der Waals surface area contributed by atoms with E-state index >= 15 is 0 Å². The zero-order chi connectivity index (χ0) is 28.1. The number of β-amino-alcohol motifs (C(OH)–C–C–N with tert-alkyl or cyclic N) is 1. The van der Waals surface area contributed by atoms with Crippen molar-refractivity contribution in [2.24, 2.45) is 0 Å². The number of hydrogen-bond donors (Lipinski definition) is 3. The number of rotatable bonds is 8. The highest BCUT2D eigenvalue weighted by atomic mass is 16.3. The Kier molecular flexibility index (Phi) is 9.18. The second-order valence-electron chi connectivity index (χ2n) is 11.4. The van der Waals surface area contributed by atoms with E-state index in [-0.39, 0.29) is 24.4 Å². The van der Waals surface area contributed by atoms with Gasteiger partial charge in [0.15, 0.2) is 0 Å². The summed E-state index contributed by atoms with van der Waals surface area (Å²) < 4.78 is 0. The van der Waals surface area contributed by atoms with Crippen LogP contribution in [-0.4, -0.2) is 115 Å². The van der Waals surface area contributed by atoms with Gasteiger partial charge < -0.3 is 30.4 Å². The maximum absolute atomic E-state index is 13.3. The molecule has 2 amide bonds. The average molecular weight is 550 g/mol. The standard InChI is InChI=1S/C30H43N7O3/c1-22(38)36-11-8-25(9-12-36)32-26-17-28(33-29(18-26)37-15-13-34(2)14-16-37)30(40)31-19-27(39)21-35-10-7-23-5-3-4-6-24(23)20-35/h3-6,17-18,25,27,39H,7-16,19-21H2,1-2H3,(H,31,40)(H,32,33). The second-order valence-corrected chi connectivity index (χ2v) is 11.4. The van der Waals surface area contributed by atoms with Crippen LogP contribution in [0.3, 0.4) is 0 Å². The zero-order valence-corrected chi connectivity index (χ0v) is 23.8. The Morgan fingerprint density at radius 2 is 1.75 bits per heavy atom. The highest BCUT2D eigenvalue weighted by molar-refractivity contribution is 5.93. The summed E-state index contributed by atoms with van der Waals surface area (Å²) in [7, 11) is 2.11. The molecule has 3 N–H and O–H groups in total. The molecular formula is C30H43N7O3. The number of hydrogen-bond acceptors (Lipinski definition) is 8. The largest absolute Gasteiger partial charge is 0.390 e. The van der Waals surface area contributed by atoms with Crippen LogP contribution in [0.25, 0.3) is 0 Å². The molecule has 10 nitrogen and oxygen atoms in total. The summed E-state index contributed by atoms with van der Waals surface area (Å²) >= 11 is 0. The molecule has 2 aromatic rings. The van der Waals surface area contributed by atoms with Crippen LogP contribution in [0.5, 0.6) is 0 Å². The fourth-order valence-electron chi connectivity index (χ4n) is 5.86. The summed E-state index contributed by atoms with van der Waals surface area (Å²) in [5.41, 5.74) is 3.89. The minimum Gasteiger partial charge on any atom is -0.390 e. The zero-order valence-electron chi connectivity index (χ0n) is 23.8. The van der Waals surface area contributed by atoms with E-state index in [1.165, 1.54) is 11.1 Å². The second kappa shape index (κ2) is 13.0. The number of piperazine rings is 1. The van der Waals surface area contributed by atoms with Crippen LogP contribution in [0, 0.1) is 0 Å². The number of fused-ring (bicyclic) bond motifs is 1. The molecule has 2 saturated heterocycles. The Labute approximate surface area is 237 Å². The predicted molar refractivity (Wildman–Crippen MR) is 157 cm³/mol. The van der Waals surface area contributed by atoms with Gasteiger partial charge in [0.1, 0.15) is 11.5 Å². The van der Waals surface area contributed by atoms with E-state index in [1.807, 2.05) is 11.0 Å². The fraction of sp³-hybridized carbons (Fsp3) is 0.567. The van der Waals surface area contributed by atoms with Gasteiger partial charge in [-0.05, 0) is 43.5 Å². The molecule has 1 aromatic carbocycles. The molecule has 2 fully saturated rings. The van der Waals surface area contributed by atoms with Crippen LogP contribution in [0.15, 0.2) is 36.4 Å². The van der Waals surface area contributed by atoms with E-state index in [0.717, 1.165) is 83.1 Å². The number of pyridine rings is 1. The number of benzene rings is 1. The van der Waals surface area contributed by atoms with Crippen molar-refractivity contribution < 1.29 is 14.7 Å². The third-order valence-electron chi connectivity index (χ3n) is 8.36. The number of nitrogens with zero attached hydrogens (tertiary/aromatic N) is 5. The number of likely N-dealkylation sites (tertiary alicyclic amines) is 1. The highest BCUT2D eigenvalue weighted by Crippen LogP contribution is 2.24. The van der Waals surface area contributed by atoms with Crippen molar-refractivity contribution in [3.8, 4) is 0 Å². The molecule has 3 aliphatic heterocycles. The van der Waals surface area contributed by atoms with Gasteiger partial charge in [0, 0.05) is 90.2 Å². The van der Waals surface area contributed by atoms with Gasteiger partial charge in [-0.15, -0.1) is 0 Å². The first-order valence-corrected chi connectivity index (χ1v) is 14.6. The molecule has 10 heteroatoms. The SMILES string of the molecule is CC(=O)N1CCC(Nc2cc(C(=O)NCC(O)CN3CCc4ccccc4C3)nc(N3CCN(C)CC3)c2)CC1. The minimum absolute atomic E-state index is 0.117. The first-order valence-electron chi connectivity index (χ1n) is 14.6. The Balaban J connectivity index is 1.21. The molecule has 0 aliphatic carbocycles. The van der Waals surface area contributed by atoms with Crippen molar-refractivity contribution in [1.29, 1.82) is 0 Å². The lowest BCUT2D eigenvalue weighted by Crippen LogP contribution is -2.45. The number of anilines is 2. The number of amides is 2. The molecule has 3 aliphatic rings. The van der Waals surface area contributed by atoms with Gasteiger partial charge in [-0.3, -0.25) is 14.5 Å². The van der Waals surface area contributed by atoms with Crippen LogP contribution < -0.4 is 15.5 Å². The van der Waals surface area contributed by atoms with Crippen LogP contribution in [0.2, 0.25) is 0 Å². The lowest BCUT2D eigenvalue weighted by molar-refractivity contribution is -0.129. The van der Waals surface area contributed by atoms with Crippen molar-refractivity contribution >= 4 is 23.3 Å². The number of carbonyl (C=O) groups excluding carboxylic acids is 2. The molecule has 5 rings (SSSR count). The summed E-state index contributed by atoms with van der Waals surface area (Å²) in [6.45, 7) is 9.06. The first-order chi connectivity index (χ1) is 19.3. The summed E-state index contributed by atoms with van der Waals surface area (Å²) in [6.07, 6.45) is 2.03. The van der Waals surface area contributed by atoms with Crippen LogP contribution in [0.4, 0.5) is 11.5 Å². The molecule has 1 aromatic heterocycles. The molecule has 0 radical (unpaired) electrons. The van der Waals surface area contributed by atoms with Crippen molar-refractivity contribution in [1.82, 2.24) is 25.0 Å². The molecule has 216 valence electrons. The topological polar surface area (TPSA) is 104 Å². The number of aliphatic hydroxyl groups is 1. The van der Waals surface area contributed by atoms with Crippen molar-refractivity contribution in [2.45, 2.75) is 44.9 Å². The van der Waals surface area contributed by atoms with E-state index in [1.54, 1.807) is 13.0 Å². The fourth-order valence-corrected chi connectivity index (χ4v) is 5.86. The number of likely N-dealkylation sites (N-methyl/N-ethyl adjacent to an activating group) is 1. The third kappa shape index (κ3) is 7.30. The average Bonchev–Trinajstić information content (AvgIpc) is 2.96. The predicted octanol–water partition coefficient (Wildman–Crippen LogP) is 1.41. The van der Waals surface area contributed by atoms with Gasteiger partial charge in [-0.25, -0.2) is 4.98 Å². The lowest BCUT2D eigenvalue weighted by Gasteiger charge is -2.34. The number of nitrogens with one attached hydrogen (secondary N) is 2. The highest BCUT2D eigenvalue weighted by Gasteiger charge is 2.24. The minimum atomic E-state index is -0.668. The number of aromatic nitrogens is 1. The molecule has 40 heavy (non-hydrogen) atoms. The van der Waals surface area contributed by atoms with Gasteiger partial charge in [0.25, 0.3) is 5.91 Å². The smallest absolute Gasteiger partial charge is 0.270 e. The summed E-state index contributed by atoms with van der Waals surface area (Å²) in [6, 6.07) is 12.5. The number of piperidine rings is 1. The maximum atomic E-state index is 13.3. The molecule has 1 atom stereocenters. The van der Waals surface area contributed by atoms with Gasteiger partial charge >= 0.3 is 0 Å². The van der Waals surface area contributed by atoms with E-state index in [9.17, 15) is 14.7 Å².